The molecule has 2 aromatic carbocycles. The number of rotatable bonds is 17. The molecule has 5 rings (SSSR count). The van der Waals surface area contributed by atoms with Gasteiger partial charge in [-0.3, -0.25) is 43.3 Å². The Morgan fingerprint density at radius 2 is 1.42 bits per heavy atom. The monoisotopic (exact) mass is 1020 g/mol. The number of amides is 8. The van der Waals surface area contributed by atoms with E-state index in [0.717, 1.165) is 17.3 Å². The van der Waals surface area contributed by atoms with Crippen molar-refractivity contribution in [1.82, 2.24) is 52.2 Å². The maximum Gasteiger partial charge on any atom is 0.243 e. The van der Waals surface area contributed by atoms with E-state index < -0.39 is 89.6 Å². The number of fused-ring (bicyclic) bond motifs is 1. The zero-order valence-electron chi connectivity index (χ0n) is 39.7. The molecule has 1 fully saturated rings. The normalized spacial score (nSPS) is 21.5. The van der Waals surface area contributed by atoms with Gasteiger partial charge >= 0.3 is 0 Å². The molecule has 1 saturated heterocycles. The highest BCUT2D eigenvalue weighted by molar-refractivity contribution is 8.76. The van der Waals surface area contributed by atoms with E-state index in [1.165, 1.54) is 41.0 Å². The number of aliphatic imine (C=N–C) groups is 1. The van der Waals surface area contributed by atoms with Crippen LogP contribution in [0.5, 0.6) is 0 Å². The number of carbonyl (C=O) groups is 8. The average Bonchev–Trinajstić information content (AvgIpc) is 4.01. The van der Waals surface area contributed by atoms with E-state index in [9.17, 15) is 38.4 Å². The summed E-state index contributed by atoms with van der Waals surface area (Å²) in [4.78, 5) is 125. The van der Waals surface area contributed by atoms with Crippen molar-refractivity contribution in [2.24, 2.45) is 22.2 Å². The fourth-order valence-electron chi connectivity index (χ4n) is 7.75. The molecule has 2 aromatic heterocycles. The molecule has 0 unspecified atom stereocenters. The van der Waals surface area contributed by atoms with Gasteiger partial charge in [0.25, 0.3) is 0 Å². The molecule has 0 saturated carbocycles. The lowest BCUT2D eigenvalue weighted by Gasteiger charge is -2.28. The van der Waals surface area contributed by atoms with E-state index >= 15 is 0 Å². The summed E-state index contributed by atoms with van der Waals surface area (Å²) < 4.78 is 0. The number of imidazole rings is 1. The van der Waals surface area contributed by atoms with Gasteiger partial charge in [-0.25, -0.2) is 4.98 Å². The number of hydrogen-bond acceptors (Lipinski definition) is 12. The first-order chi connectivity index (χ1) is 34.1. The molecule has 22 nitrogen and oxygen atoms in total. The number of benzene rings is 2. The van der Waals surface area contributed by atoms with Crippen molar-refractivity contribution < 1.29 is 38.4 Å². The highest BCUT2D eigenvalue weighted by atomic mass is 33.1. The fourth-order valence-corrected chi connectivity index (χ4v) is 10.0. The SMILES string of the molecule is CCCC[C@H](NC(C)=O)C(=O)N[C@H]1CCSSC[C@@H](C(N)=O)NC(=O)[C@H](Cc2c[nH]c3ccccc23)NC(=O)[C@H](CCCN=C(N)N)NC(=O)[C@@H](Cc2ccccc2)NC(=O)[C@H](Cc2cnc[nH]2)NC1=O. The van der Waals surface area contributed by atoms with Crippen molar-refractivity contribution in [3.05, 3.63) is 90.1 Å². The van der Waals surface area contributed by atoms with E-state index in [1.54, 1.807) is 36.5 Å². The van der Waals surface area contributed by atoms with E-state index in [0.29, 0.717) is 29.7 Å². The fraction of sp³-hybridized carbons (Fsp3) is 0.447. The van der Waals surface area contributed by atoms with Gasteiger partial charge in [0.2, 0.25) is 47.3 Å². The Morgan fingerprint density at radius 3 is 2.10 bits per heavy atom. The molecule has 0 bridgehead atoms. The molecule has 0 radical (unpaired) electrons. The molecule has 1 aliphatic heterocycles. The Bertz CT molecular complexity index is 2470. The van der Waals surface area contributed by atoms with Gasteiger partial charge < -0.3 is 64.4 Å². The predicted molar refractivity (Wildman–Crippen MR) is 272 cm³/mol. The van der Waals surface area contributed by atoms with Gasteiger partial charge in [0.1, 0.15) is 42.3 Å². The highest BCUT2D eigenvalue weighted by Crippen LogP contribution is 2.24. The molecule has 4 aromatic rings. The summed E-state index contributed by atoms with van der Waals surface area (Å²) in [5.74, 6) is -5.67. The molecular weight excluding hydrogens is 953 g/mol. The molecule has 1 aliphatic rings. The van der Waals surface area contributed by atoms with Gasteiger partial charge in [-0.15, -0.1) is 0 Å². The molecule has 3 heterocycles. The van der Waals surface area contributed by atoms with Crippen LogP contribution in [-0.4, -0.2) is 129 Å². The van der Waals surface area contributed by atoms with Crippen LogP contribution in [0.15, 0.2) is 78.3 Å². The predicted octanol–water partition coefficient (Wildman–Crippen LogP) is -0.153. The summed E-state index contributed by atoms with van der Waals surface area (Å²) in [6, 6.07) is 7.51. The number of nitrogens with zero attached hydrogens (tertiary/aromatic N) is 2. The zero-order chi connectivity index (χ0) is 51.3. The number of aromatic nitrogens is 3. The van der Waals surface area contributed by atoms with Crippen molar-refractivity contribution in [3.63, 3.8) is 0 Å². The number of para-hydroxylation sites is 1. The van der Waals surface area contributed by atoms with Gasteiger partial charge in [0.05, 0.1) is 6.33 Å². The summed E-state index contributed by atoms with van der Waals surface area (Å²) >= 11 is 0. The first-order valence-electron chi connectivity index (χ1n) is 23.4. The van der Waals surface area contributed by atoms with Crippen LogP contribution in [-0.2, 0) is 57.6 Å². The van der Waals surface area contributed by atoms with Crippen molar-refractivity contribution in [1.29, 1.82) is 0 Å². The largest absolute Gasteiger partial charge is 0.370 e. The van der Waals surface area contributed by atoms with E-state index in [1.807, 2.05) is 31.2 Å². The van der Waals surface area contributed by atoms with Crippen molar-refractivity contribution in [2.75, 3.05) is 18.1 Å². The molecular formula is C47H64N14O8S2. The van der Waals surface area contributed by atoms with Gasteiger partial charge in [0.15, 0.2) is 5.96 Å². The standard InChI is InChI=1S/C47H64N14O8S2/c1-3-4-14-33(55-27(2)62)41(64)57-35-17-19-70-71-25-39(40(48)63)61-45(68)37(21-29-23-53-32-15-9-8-13-31(29)32)59-42(65)34(16-10-18-52-47(49)50)56-44(67)36(20-28-11-6-5-7-12-28)58-46(69)38(60-43(35)66)22-30-24-51-26-54-30/h5-9,11-13,15,23-24,26,33-39,53H,3-4,10,14,16-22,25H2,1-2H3,(H2,48,63)(H,51,54)(H,55,62)(H,56,67)(H,57,64)(H,58,69)(H,59,65)(H,60,66)(H,61,68)(H4,49,50,52)/t33-,34-,35-,36+,37-,38-,39-/m0/s1. The molecule has 24 heteroatoms. The number of H-pyrrole nitrogens is 2. The molecule has 71 heavy (non-hydrogen) atoms. The van der Waals surface area contributed by atoms with Crippen molar-refractivity contribution in [3.8, 4) is 0 Å². The smallest absolute Gasteiger partial charge is 0.243 e. The zero-order valence-corrected chi connectivity index (χ0v) is 41.3. The molecule has 0 aliphatic carbocycles. The van der Waals surface area contributed by atoms with Crippen LogP contribution in [0.25, 0.3) is 10.9 Å². The first-order valence-corrected chi connectivity index (χ1v) is 25.8. The van der Waals surface area contributed by atoms with Gasteiger partial charge in [-0.2, -0.15) is 0 Å². The number of nitrogens with two attached hydrogens (primary N) is 3. The lowest BCUT2D eigenvalue weighted by atomic mass is 10.0. The number of primary amides is 1. The van der Waals surface area contributed by atoms with Gasteiger partial charge in [-0.1, -0.05) is 89.9 Å². The molecule has 7 atom stereocenters. The summed E-state index contributed by atoms with van der Waals surface area (Å²) in [5, 5.41) is 20.1. The van der Waals surface area contributed by atoms with Crippen LogP contribution in [0.1, 0.15) is 69.2 Å². The van der Waals surface area contributed by atoms with Crippen LogP contribution >= 0.6 is 21.6 Å². The molecule has 382 valence electrons. The summed E-state index contributed by atoms with van der Waals surface area (Å²) in [6.45, 7) is 3.31. The van der Waals surface area contributed by atoms with Crippen molar-refractivity contribution in [2.45, 2.75) is 114 Å². The topological polar surface area (TPSA) is 356 Å². The minimum absolute atomic E-state index is 0.0180. The van der Waals surface area contributed by atoms with E-state index in [4.69, 9.17) is 17.2 Å². The third-order valence-corrected chi connectivity index (χ3v) is 13.9. The Morgan fingerprint density at radius 1 is 0.775 bits per heavy atom. The minimum atomic E-state index is -1.34. The quantitative estimate of drug-likeness (QED) is 0.0284. The Hall–Kier alpha value is -7.08. The third-order valence-electron chi connectivity index (χ3n) is 11.5. The Labute approximate surface area is 419 Å². The number of carbonyl (C=O) groups excluding carboxylic acids is 8. The lowest BCUT2D eigenvalue weighted by Crippen LogP contribution is -2.61. The lowest BCUT2D eigenvalue weighted by molar-refractivity contribution is -0.135. The number of unbranched alkanes of at least 4 members (excludes halogenated alkanes) is 1. The number of aromatic amines is 2. The van der Waals surface area contributed by atoms with Gasteiger partial charge in [0, 0.05) is 73.2 Å². The van der Waals surface area contributed by atoms with Crippen LogP contribution in [0.4, 0.5) is 0 Å². The number of hydrogen-bond donors (Lipinski definition) is 12. The molecule has 0 spiro atoms. The summed E-state index contributed by atoms with van der Waals surface area (Å²) in [7, 11) is 2.41. The highest BCUT2D eigenvalue weighted by Gasteiger charge is 2.35. The van der Waals surface area contributed by atoms with E-state index in [-0.39, 0.29) is 62.5 Å². The Kier molecular flexibility index (Phi) is 21.6. The molecule has 15 N–H and O–H groups in total. The molecule has 8 amide bonds. The maximum absolute atomic E-state index is 14.6. The summed E-state index contributed by atoms with van der Waals surface area (Å²) in [5.41, 5.74) is 19.5. The number of nitrogens with one attached hydrogen (secondary N) is 9. The second kappa shape index (κ2) is 27.9. The Balaban J connectivity index is 1.55. The average molecular weight is 1020 g/mol. The van der Waals surface area contributed by atoms with E-state index in [2.05, 4.69) is 57.2 Å². The van der Waals surface area contributed by atoms with Crippen LogP contribution in [0, 0.1) is 0 Å². The van der Waals surface area contributed by atoms with Crippen LogP contribution in [0.2, 0.25) is 0 Å². The van der Waals surface area contributed by atoms with Gasteiger partial charge in [-0.05, 0) is 42.9 Å². The summed E-state index contributed by atoms with van der Waals surface area (Å²) in [6.07, 6.45) is 6.23. The number of guanidine groups is 1. The second-order valence-electron chi connectivity index (χ2n) is 17.0. The van der Waals surface area contributed by atoms with Crippen LogP contribution in [0.3, 0.4) is 0 Å². The van der Waals surface area contributed by atoms with Crippen LogP contribution < -0.4 is 54.4 Å². The van der Waals surface area contributed by atoms with Crippen molar-refractivity contribution >= 4 is 85.7 Å². The second-order valence-corrected chi connectivity index (χ2v) is 19.7. The maximum atomic E-state index is 14.6. The third kappa shape index (κ3) is 17.7. The first kappa shape index (κ1) is 54.9. The minimum Gasteiger partial charge on any atom is -0.370 e.